The molecule has 1 aliphatic heterocycles. The minimum Gasteiger partial charge on any atom is -0.308 e. The van der Waals surface area contributed by atoms with Crippen molar-refractivity contribution in [2.75, 3.05) is 19.6 Å². The van der Waals surface area contributed by atoms with Gasteiger partial charge in [0.2, 0.25) is 0 Å². The molecule has 2 heteroatoms. The zero-order valence-electron chi connectivity index (χ0n) is 14.4. The second kappa shape index (κ2) is 6.50. The Bertz CT molecular complexity index is 440. The van der Waals surface area contributed by atoms with Crippen molar-refractivity contribution in [3.05, 3.63) is 35.9 Å². The molecule has 2 unspecified atom stereocenters. The summed E-state index contributed by atoms with van der Waals surface area (Å²) in [7, 11) is 0. The SMILES string of the molecule is CCCC(C)CN1CC(C)(C)NCC1(C)c1ccccc1. The zero-order chi connectivity index (χ0) is 15.5. The van der Waals surface area contributed by atoms with Crippen molar-refractivity contribution in [1.29, 1.82) is 0 Å². The summed E-state index contributed by atoms with van der Waals surface area (Å²) in [4.78, 5) is 2.71. The van der Waals surface area contributed by atoms with E-state index in [-0.39, 0.29) is 11.1 Å². The molecule has 0 radical (unpaired) electrons. The Morgan fingerprint density at radius 2 is 1.86 bits per heavy atom. The molecule has 1 fully saturated rings. The minimum atomic E-state index is 0.0960. The molecule has 0 bridgehead atoms. The van der Waals surface area contributed by atoms with E-state index in [2.05, 4.69) is 75.2 Å². The lowest BCUT2D eigenvalue weighted by Crippen LogP contribution is -2.66. The summed E-state index contributed by atoms with van der Waals surface area (Å²) in [5.41, 5.74) is 1.72. The van der Waals surface area contributed by atoms with Crippen molar-refractivity contribution >= 4 is 0 Å². The van der Waals surface area contributed by atoms with Crippen LogP contribution in [0.2, 0.25) is 0 Å². The van der Waals surface area contributed by atoms with Crippen molar-refractivity contribution in [3.8, 4) is 0 Å². The Hall–Kier alpha value is -0.860. The van der Waals surface area contributed by atoms with Crippen LogP contribution in [-0.2, 0) is 5.54 Å². The van der Waals surface area contributed by atoms with E-state index in [1.807, 2.05) is 0 Å². The van der Waals surface area contributed by atoms with Crippen LogP contribution < -0.4 is 5.32 Å². The van der Waals surface area contributed by atoms with Gasteiger partial charge >= 0.3 is 0 Å². The van der Waals surface area contributed by atoms with E-state index in [4.69, 9.17) is 0 Å². The first kappa shape index (κ1) is 16.5. The lowest BCUT2D eigenvalue weighted by molar-refractivity contribution is 0.0126. The van der Waals surface area contributed by atoms with Gasteiger partial charge in [0, 0.05) is 25.2 Å². The van der Waals surface area contributed by atoms with E-state index < -0.39 is 0 Å². The van der Waals surface area contributed by atoms with E-state index >= 15 is 0 Å². The van der Waals surface area contributed by atoms with E-state index in [9.17, 15) is 0 Å². The summed E-state index contributed by atoms with van der Waals surface area (Å²) in [6, 6.07) is 11.0. The Morgan fingerprint density at radius 3 is 2.48 bits per heavy atom. The molecule has 0 aromatic heterocycles. The number of hydrogen-bond acceptors (Lipinski definition) is 2. The third-order valence-electron chi connectivity index (χ3n) is 4.90. The predicted molar refractivity (Wildman–Crippen MR) is 91.5 cm³/mol. The van der Waals surface area contributed by atoms with Gasteiger partial charge in [-0.05, 0) is 38.7 Å². The fourth-order valence-corrected chi connectivity index (χ4v) is 3.54. The Balaban J connectivity index is 2.24. The van der Waals surface area contributed by atoms with Gasteiger partial charge in [0.15, 0.2) is 0 Å². The standard InChI is InChI=1S/C19H32N2/c1-6-10-16(2)13-21-15-18(3,4)20-14-19(21,5)17-11-8-7-9-12-17/h7-9,11-12,16,20H,6,10,13-15H2,1-5H3. The number of nitrogens with one attached hydrogen (secondary N) is 1. The number of nitrogens with zero attached hydrogens (tertiary/aromatic N) is 1. The van der Waals surface area contributed by atoms with Gasteiger partial charge < -0.3 is 5.32 Å². The summed E-state index contributed by atoms with van der Waals surface area (Å²) >= 11 is 0. The highest BCUT2D eigenvalue weighted by molar-refractivity contribution is 5.26. The highest BCUT2D eigenvalue weighted by atomic mass is 15.3. The van der Waals surface area contributed by atoms with E-state index in [0.717, 1.165) is 19.0 Å². The van der Waals surface area contributed by atoms with Crippen LogP contribution in [0.15, 0.2) is 30.3 Å². The molecular weight excluding hydrogens is 256 g/mol. The molecule has 0 saturated carbocycles. The third-order valence-corrected chi connectivity index (χ3v) is 4.90. The van der Waals surface area contributed by atoms with Gasteiger partial charge in [-0.3, -0.25) is 4.90 Å². The molecule has 1 aromatic carbocycles. The van der Waals surface area contributed by atoms with Gasteiger partial charge in [0.25, 0.3) is 0 Å². The number of hydrogen-bond donors (Lipinski definition) is 1. The third kappa shape index (κ3) is 3.87. The summed E-state index contributed by atoms with van der Waals surface area (Å²) in [6.45, 7) is 15.0. The van der Waals surface area contributed by atoms with Crippen molar-refractivity contribution in [2.24, 2.45) is 5.92 Å². The molecule has 0 amide bonds. The van der Waals surface area contributed by atoms with Crippen LogP contribution in [-0.4, -0.2) is 30.1 Å². The van der Waals surface area contributed by atoms with Gasteiger partial charge in [-0.1, -0.05) is 50.6 Å². The average Bonchev–Trinajstić information content (AvgIpc) is 2.44. The van der Waals surface area contributed by atoms with Crippen LogP contribution in [0.3, 0.4) is 0 Å². The maximum atomic E-state index is 3.74. The molecule has 1 aromatic rings. The summed E-state index contributed by atoms with van der Waals surface area (Å²) < 4.78 is 0. The van der Waals surface area contributed by atoms with Crippen molar-refractivity contribution < 1.29 is 0 Å². The average molecular weight is 288 g/mol. The maximum absolute atomic E-state index is 3.74. The maximum Gasteiger partial charge on any atom is 0.0558 e. The molecule has 2 rings (SSSR count). The predicted octanol–water partition coefficient (Wildman–Crippen LogP) is 4.02. The molecule has 0 spiro atoms. The topological polar surface area (TPSA) is 15.3 Å². The van der Waals surface area contributed by atoms with Crippen molar-refractivity contribution in [3.63, 3.8) is 0 Å². The lowest BCUT2D eigenvalue weighted by Gasteiger charge is -2.52. The Labute approximate surface area is 130 Å². The van der Waals surface area contributed by atoms with Gasteiger partial charge in [-0.15, -0.1) is 0 Å². The van der Waals surface area contributed by atoms with E-state index in [1.54, 1.807) is 0 Å². The molecule has 21 heavy (non-hydrogen) atoms. The Kier molecular flexibility index (Phi) is 5.11. The van der Waals surface area contributed by atoms with Gasteiger partial charge in [0.05, 0.1) is 5.54 Å². The molecule has 1 heterocycles. The molecule has 2 nitrogen and oxygen atoms in total. The molecule has 1 N–H and O–H groups in total. The lowest BCUT2D eigenvalue weighted by atomic mass is 9.83. The van der Waals surface area contributed by atoms with Crippen LogP contribution in [0.5, 0.6) is 0 Å². The quantitative estimate of drug-likeness (QED) is 0.880. The van der Waals surface area contributed by atoms with Crippen LogP contribution >= 0.6 is 0 Å². The van der Waals surface area contributed by atoms with Crippen LogP contribution in [0.1, 0.15) is 53.0 Å². The molecular formula is C19H32N2. The fraction of sp³-hybridized carbons (Fsp3) is 0.684. The fourth-order valence-electron chi connectivity index (χ4n) is 3.54. The van der Waals surface area contributed by atoms with Crippen molar-refractivity contribution in [2.45, 2.75) is 58.5 Å². The molecule has 1 aliphatic rings. The molecule has 2 atom stereocenters. The second-order valence-corrected chi connectivity index (χ2v) is 7.65. The normalized spacial score (nSPS) is 27.5. The highest BCUT2D eigenvalue weighted by Crippen LogP contribution is 2.34. The first-order valence-electron chi connectivity index (χ1n) is 8.43. The van der Waals surface area contributed by atoms with Crippen LogP contribution in [0, 0.1) is 5.92 Å². The minimum absolute atomic E-state index is 0.0960. The molecule has 1 saturated heterocycles. The first-order chi connectivity index (χ1) is 9.87. The van der Waals surface area contributed by atoms with Crippen LogP contribution in [0.25, 0.3) is 0 Å². The summed E-state index contributed by atoms with van der Waals surface area (Å²) in [6.07, 6.45) is 2.59. The van der Waals surface area contributed by atoms with Gasteiger partial charge in [0.1, 0.15) is 0 Å². The van der Waals surface area contributed by atoms with Crippen molar-refractivity contribution in [1.82, 2.24) is 10.2 Å². The number of rotatable bonds is 5. The number of piperazine rings is 1. The second-order valence-electron chi connectivity index (χ2n) is 7.65. The summed E-state index contributed by atoms with van der Waals surface area (Å²) in [5.74, 6) is 0.756. The summed E-state index contributed by atoms with van der Waals surface area (Å²) in [5, 5.41) is 3.74. The highest BCUT2D eigenvalue weighted by Gasteiger charge is 2.42. The van der Waals surface area contributed by atoms with Crippen LogP contribution in [0.4, 0.5) is 0 Å². The smallest absolute Gasteiger partial charge is 0.0558 e. The Morgan fingerprint density at radius 1 is 1.19 bits per heavy atom. The van der Waals surface area contributed by atoms with Gasteiger partial charge in [-0.25, -0.2) is 0 Å². The van der Waals surface area contributed by atoms with Gasteiger partial charge in [-0.2, -0.15) is 0 Å². The largest absolute Gasteiger partial charge is 0.308 e. The molecule has 0 aliphatic carbocycles. The number of benzene rings is 1. The monoisotopic (exact) mass is 288 g/mol. The van der Waals surface area contributed by atoms with E-state index in [1.165, 1.54) is 24.9 Å². The zero-order valence-corrected chi connectivity index (χ0v) is 14.4. The van der Waals surface area contributed by atoms with E-state index in [0.29, 0.717) is 0 Å². The first-order valence-corrected chi connectivity index (χ1v) is 8.43. The molecule has 118 valence electrons.